The number of aromatic nitrogens is 2. The minimum atomic E-state index is -0.465. The standard InChI is InChI=1S/C19H24N2O2.C8H8ClNO2/c1-12(2)6-15(20)11-22-16-4-5-17-18-7-13(3)21-9-14(18)10-23-19(17)8-16;1-5-3-7(9)6(4-10-5)8(11)12-2/h4-5,7-9,12,15H,6,10-11,20H2,1-3H3;3-4H,1-2H3/t15-;/m0./s1. The predicted molar refractivity (Wildman–Crippen MR) is 137 cm³/mol. The Balaban J connectivity index is 0.000000241. The summed E-state index contributed by atoms with van der Waals surface area (Å²) < 4.78 is 16.2. The third-order valence-corrected chi connectivity index (χ3v) is 5.70. The number of hydrogen-bond donors (Lipinski definition) is 1. The third kappa shape index (κ3) is 7.16. The molecule has 0 unspecified atom stereocenters. The van der Waals surface area contributed by atoms with Gasteiger partial charge < -0.3 is 19.9 Å². The monoisotopic (exact) mass is 497 g/mol. The Morgan fingerprint density at radius 2 is 1.83 bits per heavy atom. The van der Waals surface area contributed by atoms with Gasteiger partial charge in [-0.25, -0.2) is 4.79 Å². The average Bonchev–Trinajstić information content (AvgIpc) is 2.82. The number of fused-ring (bicyclic) bond motifs is 3. The van der Waals surface area contributed by atoms with Crippen molar-refractivity contribution in [2.75, 3.05) is 13.7 Å². The molecule has 3 heterocycles. The molecule has 0 bridgehead atoms. The lowest BCUT2D eigenvalue weighted by Gasteiger charge is -2.22. The van der Waals surface area contributed by atoms with Crippen LogP contribution in [0.5, 0.6) is 11.5 Å². The van der Waals surface area contributed by atoms with Crippen LogP contribution in [0.15, 0.2) is 42.7 Å². The lowest BCUT2D eigenvalue weighted by atomic mass is 9.98. The van der Waals surface area contributed by atoms with Gasteiger partial charge in [-0.1, -0.05) is 25.4 Å². The SMILES string of the molecule is COC(=O)c1cnc(C)cc1Cl.Cc1cc2c(cn1)COc1cc(OC[C@@H](N)CC(C)C)ccc1-2. The largest absolute Gasteiger partial charge is 0.492 e. The highest BCUT2D eigenvalue weighted by molar-refractivity contribution is 6.33. The van der Waals surface area contributed by atoms with Gasteiger partial charge in [0.15, 0.2) is 0 Å². The molecule has 1 aliphatic heterocycles. The molecule has 3 aromatic rings. The minimum absolute atomic E-state index is 0.0569. The molecule has 0 saturated heterocycles. The van der Waals surface area contributed by atoms with Gasteiger partial charge >= 0.3 is 5.97 Å². The molecule has 7 nitrogen and oxygen atoms in total. The molecule has 4 rings (SSSR count). The fourth-order valence-electron chi connectivity index (χ4n) is 3.71. The van der Waals surface area contributed by atoms with Gasteiger partial charge in [0.25, 0.3) is 0 Å². The van der Waals surface area contributed by atoms with E-state index in [-0.39, 0.29) is 6.04 Å². The van der Waals surface area contributed by atoms with Crippen molar-refractivity contribution in [3.63, 3.8) is 0 Å². The second kappa shape index (κ2) is 12.0. The summed E-state index contributed by atoms with van der Waals surface area (Å²) in [6.45, 7) is 9.21. The molecule has 0 aliphatic carbocycles. The van der Waals surface area contributed by atoms with E-state index in [4.69, 9.17) is 26.8 Å². The summed E-state index contributed by atoms with van der Waals surface area (Å²) in [5.41, 5.74) is 11.6. The van der Waals surface area contributed by atoms with Crippen LogP contribution < -0.4 is 15.2 Å². The summed E-state index contributed by atoms with van der Waals surface area (Å²) in [5, 5.41) is 0.370. The molecule has 186 valence electrons. The normalized spacial score (nSPS) is 12.5. The first-order chi connectivity index (χ1) is 16.7. The molecule has 0 radical (unpaired) electrons. The lowest BCUT2D eigenvalue weighted by Crippen LogP contribution is -2.29. The number of nitrogens with two attached hydrogens (primary N) is 1. The van der Waals surface area contributed by atoms with Gasteiger partial charge in [0.05, 0.1) is 17.7 Å². The Hall–Kier alpha value is -3.16. The Morgan fingerprint density at radius 1 is 1.11 bits per heavy atom. The fourth-order valence-corrected chi connectivity index (χ4v) is 3.99. The summed E-state index contributed by atoms with van der Waals surface area (Å²) in [6.07, 6.45) is 4.26. The summed E-state index contributed by atoms with van der Waals surface area (Å²) >= 11 is 5.76. The minimum Gasteiger partial charge on any atom is -0.492 e. The van der Waals surface area contributed by atoms with E-state index in [2.05, 4.69) is 40.7 Å². The van der Waals surface area contributed by atoms with Crippen molar-refractivity contribution >= 4 is 17.6 Å². The molecule has 1 atom stereocenters. The van der Waals surface area contributed by atoms with Crippen LogP contribution in [-0.4, -0.2) is 35.7 Å². The number of rotatable bonds is 6. The quantitative estimate of drug-likeness (QED) is 0.447. The van der Waals surface area contributed by atoms with Crippen molar-refractivity contribution in [2.45, 2.75) is 46.8 Å². The van der Waals surface area contributed by atoms with Crippen molar-refractivity contribution in [1.82, 2.24) is 9.97 Å². The van der Waals surface area contributed by atoms with Crippen molar-refractivity contribution in [3.05, 3.63) is 70.3 Å². The van der Waals surface area contributed by atoms with E-state index in [9.17, 15) is 4.79 Å². The van der Waals surface area contributed by atoms with E-state index in [1.54, 1.807) is 13.0 Å². The van der Waals surface area contributed by atoms with Crippen molar-refractivity contribution in [3.8, 4) is 22.6 Å². The molecule has 0 saturated carbocycles. The molecule has 8 heteroatoms. The van der Waals surface area contributed by atoms with Gasteiger partial charge in [0.1, 0.15) is 24.7 Å². The maximum absolute atomic E-state index is 11.0. The topological polar surface area (TPSA) is 96.6 Å². The number of methoxy groups -OCH3 is 1. The van der Waals surface area contributed by atoms with E-state index >= 15 is 0 Å². The molecule has 2 aromatic heterocycles. The van der Waals surface area contributed by atoms with Gasteiger partial charge in [0.2, 0.25) is 0 Å². The number of carbonyl (C=O) groups excluding carboxylic acids is 1. The zero-order valence-electron chi connectivity index (χ0n) is 20.8. The van der Waals surface area contributed by atoms with Crippen LogP contribution in [0.2, 0.25) is 5.02 Å². The highest BCUT2D eigenvalue weighted by atomic mass is 35.5. The van der Waals surface area contributed by atoms with Crippen molar-refractivity contribution in [2.24, 2.45) is 11.7 Å². The summed E-state index contributed by atoms with van der Waals surface area (Å²) in [7, 11) is 1.30. The molecular weight excluding hydrogens is 466 g/mol. The first-order valence-corrected chi connectivity index (χ1v) is 11.9. The third-order valence-electron chi connectivity index (χ3n) is 5.38. The van der Waals surface area contributed by atoms with E-state index in [1.807, 2.05) is 25.3 Å². The number of nitrogens with zero attached hydrogens (tertiary/aromatic N) is 2. The number of aryl methyl sites for hydroxylation is 2. The van der Waals surface area contributed by atoms with Gasteiger partial charge in [-0.15, -0.1) is 0 Å². The molecule has 35 heavy (non-hydrogen) atoms. The lowest BCUT2D eigenvalue weighted by molar-refractivity contribution is 0.0600. The first kappa shape index (κ1) is 26.4. The van der Waals surface area contributed by atoms with Gasteiger partial charge in [-0.05, 0) is 56.0 Å². The molecular formula is C27H32ClN3O4. The van der Waals surface area contributed by atoms with Crippen LogP contribution in [0, 0.1) is 19.8 Å². The van der Waals surface area contributed by atoms with Crippen molar-refractivity contribution < 1.29 is 19.0 Å². The summed E-state index contributed by atoms with van der Waals surface area (Å²) in [4.78, 5) is 19.3. The highest BCUT2D eigenvalue weighted by Gasteiger charge is 2.19. The highest BCUT2D eigenvalue weighted by Crippen LogP contribution is 2.39. The molecule has 2 N–H and O–H groups in total. The first-order valence-electron chi connectivity index (χ1n) is 11.5. The smallest absolute Gasteiger partial charge is 0.340 e. The number of benzene rings is 1. The van der Waals surface area contributed by atoms with Crippen LogP contribution in [0.25, 0.3) is 11.1 Å². The number of halogens is 1. The Kier molecular flexibility index (Phi) is 9.07. The van der Waals surface area contributed by atoms with Crippen molar-refractivity contribution in [1.29, 1.82) is 0 Å². The van der Waals surface area contributed by atoms with Gasteiger partial charge in [0, 0.05) is 47.0 Å². The van der Waals surface area contributed by atoms with Crippen LogP contribution in [-0.2, 0) is 11.3 Å². The summed E-state index contributed by atoms with van der Waals surface area (Å²) in [6, 6.07) is 9.77. The fraction of sp³-hybridized carbons (Fsp3) is 0.370. The zero-order chi connectivity index (χ0) is 25.5. The predicted octanol–water partition coefficient (Wildman–Crippen LogP) is 5.53. The number of esters is 1. The van der Waals surface area contributed by atoms with Crippen LogP contribution >= 0.6 is 11.6 Å². The van der Waals surface area contributed by atoms with E-state index in [0.717, 1.165) is 40.4 Å². The number of pyridine rings is 2. The van der Waals surface area contributed by atoms with Crippen LogP contribution in [0.3, 0.4) is 0 Å². The molecule has 0 spiro atoms. The molecule has 1 aromatic carbocycles. The second-order valence-electron chi connectivity index (χ2n) is 8.93. The Bertz CT molecular complexity index is 1180. The van der Waals surface area contributed by atoms with Gasteiger partial charge in [-0.2, -0.15) is 0 Å². The Labute approximate surface area is 211 Å². The molecule has 1 aliphatic rings. The Morgan fingerprint density at radius 3 is 2.51 bits per heavy atom. The van der Waals surface area contributed by atoms with Gasteiger partial charge in [-0.3, -0.25) is 9.97 Å². The molecule has 0 amide bonds. The number of hydrogen-bond acceptors (Lipinski definition) is 7. The second-order valence-corrected chi connectivity index (χ2v) is 9.33. The van der Waals surface area contributed by atoms with Crippen LogP contribution in [0.1, 0.15) is 47.6 Å². The van der Waals surface area contributed by atoms with E-state index < -0.39 is 5.97 Å². The number of carbonyl (C=O) groups is 1. The van der Waals surface area contributed by atoms with Crippen LogP contribution in [0.4, 0.5) is 0 Å². The average molecular weight is 498 g/mol. The van der Waals surface area contributed by atoms with E-state index in [1.165, 1.54) is 18.9 Å². The maximum Gasteiger partial charge on any atom is 0.340 e. The maximum atomic E-state index is 11.0. The zero-order valence-corrected chi connectivity index (χ0v) is 21.6. The molecule has 0 fully saturated rings. The number of ether oxygens (including phenoxy) is 3. The summed E-state index contributed by atoms with van der Waals surface area (Å²) in [5.74, 6) is 1.77. The van der Waals surface area contributed by atoms with E-state index in [0.29, 0.717) is 29.7 Å².